The number of phenolic OH excluding ortho intramolecular Hbond substituents is 1. The van der Waals surface area contributed by atoms with Crippen molar-refractivity contribution in [2.75, 3.05) is 0 Å². The van der Waals surface area contributed by atoms with Gasteiger partial charge in [0.1, 0.15) is 17.1 Å². The summed E-state index contributed by atoms with van der Waals surface area (Å²) in [4.78, 5) is 0. The van der Waals surface area contributed by atoms with Gasteiger partial charge < -0.3 is 14.9 Å². The van der Waals surface area contributed by atoms with Crippen LogP contribution < -0.4 is 4.74 Å². The monoisotopic (exact) mass is 273 g/mol. The van der Waals surface area contributed by atoms with E-state index >= 15 is 0 Å². The quantitative estimate of drug-likeness (QED) is 0.762. The number of hydrogen-bond donors (Lipinski definition) is 2. The highest BCUT2D eigenvalue weighted by Crippen LogP contribution is 2.54. The SMILES string of the molecule is CC1(C)Oc2cc(C#N)cc(O)c2[C@@H]2C[C@@H](O)CC[C@H]21. The van der Waals surface area contributed by atoms with Gasteiger partial charge in [-0.1, -0.05) is 0 Å². The fourth-order valence-corrected chi connectivity index (χ4v) is 3.79. The van der Waals surface area contributed by atoms with Crippen molar-refractivity contribution in [1.82, 2.24) is 0 Å². The normalized spacial score (nSPS) is 30.6. The molecule has 0 saturated heterocycles. The Bertz CT molecular complexity index is 588. The average Bonchev–Trinajstić information content (AvgIpc) is 2.36. The Morgan fingerprint density at radius 1 is 1.35 bits per heavy atom. The van der Waals surface area contributed by atoms with Gasteiger partial charge in [-0.3, -0.25) is 0 Å². The summed E-state index contributed by atoms with van der Waals surface area (Å²) in [7, 11) is 0. The van der Waals surface area contributed by atoms with Crippen molar-refractivity contribution in [1.29, 1.82) is 5.26 Å². The predicted octanol–water partition coefficient (Wildman–Crippen LogP) is 2.68. The van der Waals surface area contributed by atoms with E-state index in [2.05, 4.69) is 0 Å². The second-order valence-electron chi connectivity index (χ2n) is 6.40. The highest BCUT2D eigenvalue weighted by atomic mass is 16.5. The first-order chi connectivity index (χ1) is 9.42. The topological polar surface area (TPSA) is 73.5 Å². The van der Waals surface area contributed by atoms with Crippen molar-refractivity contribution < 1.29 is 14.9 Å². The second-order valence-corrected chi connectivity index (χ2v) is 6.40. The van der Waals surface area contributed by atoms with Crippen LogP contribution in [0.5, 0.6) is 11.5 Å². The number of phenols is 1. The molecule has 1 aromatic carbocycles. The molecule has 0 radical (unpaired) electrons. The molecule has 1 fully saturated rings. The van der Waals surface area contributed by atoms with Crippen LogP contribution in [0.15, 0.2) is 12.1 Å². The Balaban J connectivity index is 2.14. The van der Waals surface area contributed by atoms with E-state index in [1.54, 1.807) is 6.07 Å². The van der Waals surface area contributed by atoms with E-state index in [0.29, 0.717) is 17.7 Å². The van der Waals surface area contributed by atoms with Gasteiger partial charge in [0.05, 0.1) is 17.7 Å². The van der Waals surface area contributed by atoms with Gasteiger partial charge in [0.2, 0.25) is 0 Å². The van der Waals surface area contributed by atoms with E-state index in [9.17, 15) is 10.2 Å². The standard InChI is InChI=1S/C16H19NO3/c1-16(2)12-4-3-10(18)7-11(12)15-13(19)5-9(8-17)6-14(15)20-16/h5-6,10-12,18-19H,3-4,7H2,1-2H3/t10-,11+,12+/m0/s1. The summed E-state index contributed by atoms with van der Waals surface area (Å²) in [6, 6.07) is 5.21. The number of fused-ring (bicyclic) bond motifs is 3. The lowest BCUT2D eigenvalue weighted by Gasteiger charge is -2.48. The molecule has 1 aromatic rings. The molecule has 1 aliphatic heterocycles. The third-order valence-electron chi connectivity index (χ3n) is 4.71. The van der Waals surface area contributed by atoms with Crippen LogP contribution in [0.25, 0.3) is 0 Å². The molecule has 2 N–H and O–H groups in total. The van der Waals surface area contributed by atoms with Gasteiger partial charge in [0.25, 0.3) is 0 Å². The number of aliphatic hydroxyl groups is 1. The summed E-state index contributed by atoms with van der Waals surface area (Å²) in [5, 5.41) is 29.2. The fourth-order valence-electron chi connectivity index (χ4n) is 3.79. The van der Waals surface area contributed by atoms with Crippen LogP contribution >= 0.6 is 0 Å². The largest absolute Gasteiger partial charge is 0.507 e. The maximum atomic E-state index is 10.3. The number of ether oxygens (including phenoxy) is 1. The minimum atomic E-state index is -0.349. The maximum Gasteiger partial charge on any atom is 0.128 e. The number of aliphatic hydroxyl groups excluding tert-OH is 1. The Morgan fingerprint density at radius 3 is 2.80 bits per heavy atom. The lowest BCUT2D eigenvalue weighted by molar-refractivity contribution is -0.0316. The van der Waals surface area contributed by atoms with Crippen molar-refractivity contribution >= 4 is 0 Å². The lowest BCUT2D eigenvalue weighted by atomic mass is 9.66. The fraction of sp³-hybridized carbons (Fsp3) is 0.562. The predicted molar refractivity (Wildman–Crippen MR) is 73.6 cm³/mol. The lowest BCUT2D eigenvalue weighted by Crippen LogP contribution is -2.47. The van der Waals surface area contributed by atoms with Crippen LogP contribution in [0.4, 0.5) is 0 Å². The Hall–Kier alpha value is -1.73. The first kappa shape index (κ1) is 13.3. The molecular weight excluding hydrogens is 254 g/mol. The smallest absolute Gasteiger partial charge is 0.128 e. The van der Waals surface area contributed by atoms with E-state index in [1.165, 1.54) is 6.07 Å². The summed E-state index contributed by atoms with van der Waals surface area (Å²) >= 11 is 0. The molecule has 2 aliphatic rings. The Morgan fingerprint density at radius 2 is 2.10 bits per heavy atom. The highest BCUT2D eigenvalue weighted by Gasteiger charge is 2.47. The molecule has 4 heteroatoms. The number of aromatic hydroxyl groups is 1. The zero-order valence-corrected chi connectivity index (χ0v) is 11.8. The third kappa shape index (κ3) is 1.94. The molecule has 1 heterocycles. The summed E-state index contributed by atoms with van der Waals surface area (Å²) in [5.41, 5.74) is 0.803. The van der Waals surface area contributed by atoms with E-state index in [0.717, 1.165) is 18.4 Å². The zero-order chi connectivity index (χ0) is 14.5. The molecule has 0 spiro atoms. The molecule has 1 saturated carbocycles. The molecule has 0 unspecified atom stereocenters. The molecule has 4 nitrogen and oxygen atoms in total. The Labute approximate surface area is 118 Å². The first-order valence-electron chi connectivity index (χ1n) is 7.06. The number of rotatable bonds is 0. The molecule has 20 heavy (non-hydrogen) atoms. The molecule has 0 amide bonds. The minimum absolute atomic E-state index is 0.0882. The van der Waals surface area contributed by atoms with Crippen molar-refractivity contribution in [3.63, 3.8) is 0 Å². The molecule has 1 aliphatic carbocycles. The molecule has 0 aromatic heterocycles. The van der Waals surface area contributed by atoms with E-state index < -0.39 is 0 Å². The Kier molecular flexibility index (Phi) is 2.91. The molecule has 0 bridgehead atoms. The number of hydrogen-bond acceptors (Lipinski definition) is 4. The highest BCUT2D eigenvalue weighted by molar-refractivity contribution is 5.54. The molecule has 3 atom stereocenters. The molecular formula is C16H19NO3. The third-order valence-corrected chi connectivity index (χ3v) is 4.71. The van der Waals surface area contributed by atoms with Crippen molar-refractivity contribution in [3.8, 4) is 17.6 Å². The van der Waals surface area contributed by atoms with E-state index in [4.69, 9.17) is 10.00 Å². The number of nitriles is 1. The summed E-state index contributed by atoms with van der Waals surface area (Å²) in [6.07, 6.45) is 1.98. The van der Waals surface area contributed by atoms with Gasteiger partial charge in [0.15, 0.2) is 0 Å². The van der Waals surface area contributed by atoms with Crippen LogP contribution in [-0.2, 0) is 0 Å². The van der Waals surface area contributed by atoms with Gasteiger partial charge >= 0.3 is 0 Å². The van der Waals surface area contributed by atoms with E-state index in [1.807, 2.05) is 19.9 Å². The number of benzene rings is 1. The van der Waals surface area contributed by atoms with Crippen LogP contribution in [0.2, 0.25) is 0 Å². The molecule has 106 valence electrons. The van der Waals surface area contributed by atoms with Gasteiger partial charge in [-0.2, -0.15) is 5.26 Å². The van der Waals surface area contributed by atoms with Crippen molar-refractivity contribution in [3.05, 3.63) is 23.3 Å². The minimum Gasteiger partial charge on any atom is -0.507 e. The number of nitrogens with zero attached hydrogens (tertiary/aromatic N) is 1. The van der Waals surface area contributed by atoms with Gasteiger partial charge in [-0.25, -0.2) is 0 Å². The van der Waals surface area contributed by atoms with Crippen molar-refractivity contribution in [2.45, 2.75) is 50.7 Å². The van der Waals surface area contributed by atoms with E-state index in [-0.39, 0.29) is 29.3 Å². The van der Waals surface area contributed by atoms with Crippen LogP contribution in [0.1, 0.15) is 50.2 Å². The summed E-state index contributed by atoms with van der Waals surface area (Å²) in [5.74, 6) is 1.06. The summed E-state index contributed by atoms with van der Waals surface area (Å²) in [6.45, 7) is 4.09. The van der Waals surface area contributed by atoms with Gasteiger partial charge in [-0.15, -0.1) is 0 Å². The van der Waals surface area contributed by atoms with Crippen LogP contribution in [0.3, 0.4) is 0 Å². The summed E-state index contributed by atoms with van der Waals surface area (Å²) < 4.78 is 6.05. The molecule has 3 rings (SSSR count). The maximum absolute atomic E-state index is 10.3. The zero-order valence-electron chi connectivity index (χ0n) is 11.8. The second kappa shape index (κ2) is 4.39. The first-order valence-corrected chi connectivity index (χ1v) is 7.06. The van der Waals surface area contributed by atoms with Crippen LogP contribution in [-0.4, -0.2) is 21.9 Å². The van der Waals surface area contributed by atoms with Crippen LogP contribution in [0, 0.1) is 17.2 Å². The van der Waals surface area contributed by atoms with Gasteiger partial charge in [-0.05, 0) is 45.2 Å². The van der Waals surface area contributed by atoms with Gasteiger partial charge in [0, 0.05) is 17.4 Å². The van der Waals surface area contributed by atoms with Crippen molar-refractivity contribution in [2.24, 2.45) is 5.92 Å². The average molecular weight is 273 g/mol.